The number of hydrogen-bond donors (Lipinski definition) is 2. The molecule has 1 aromatic rings. The molecule has 0 fully saturated rings. The van der Waals surface area contributed by atoms with Crippen LogP contribution in [0.1, 0.15) is 24.3 Å². The highest BCUT2D eigenvalue weighted by Gasteiger charge is 2.22. The van der Waals surface area contributed by atoms with E-state index in [9.17, 15) is 20.0 Å². The fourth-order valence-electron chi connectivity index (χ4n) is 1.86. The van der Waals surface area contributed by atoms with Crippen molar-refractivity contribution in [2.24, 2.45) is 0 Å². The Morgan fingerprint density at radius 1 is 1.65 bits per heavy atom. The monoisotopic (exact) mass is 301 g/mol. The van der Waals surface area contributed by atoms with Gasteiger partial charge in [-0.2, -0.15) is 11.8 Å². The lowest BCUT2D eigenvalue weighted by molar-refractivity contribution is -0.384. The van der Waals surface area contributed by atoms with Gasteiger partial charge in [-0.05, 0) is 20.1 Å². The molecule has 1 rings (SSSR count). The minimum Gasteiger partial charge on any atom is -0.395 e. The van der Waals surface area contributed by atoms with E-state index < -0.39 is 4.92 Å². The molecular weight excluding hydrogens is 282 g/mol. The molecular formula is C12H19N3O4S. The summed E-state index contributed by atoms with van der Waals surface area (Å²) in [7, 11) is 0. The maximum absolute atomic E-state index is 12.2. The molecule has 0 radical (unpaired) electrons. The van der Waals surface area contributed by atoms with Crippen LogP contribution in [0, 0.1) is 10.1 Å². The Hall–Kier alpha value is -1.54. The maximum atomic E-state index is 12.2. The fourth-order valence-corrected chi connectivity index (χ4v) is 2.48. The average molecular weight is 301 g/mol. The van der Waals surface area contributed by atoms with E-state index in [2.05, 4.69) is 5.32 Å². The van der Waals surface area contributed by atoms with E-state index in [4.69, 9.17) is 0 Å². The second-order valence-electron chi connectivity index (χ2n) is 4.35. The van der Waals surface area contributed by atoms with Crippen molar-refractivity contribution in [2.45, 2.75) is 31.7 Å². The summed E-state index contributed by atoms with van der Waals surface area (Å²) >= 11 is 1.46. The Morgan fingerprint density at radius 3 is 2.75 bits per heavy atom. The first-order valence-electron chi connectivity index (χ1n) is 6.23. The van der Waals surface area contributed by atoms with Crippen molar-refractivity contribution in [1.29, 1.82) is 0 Å². The number of rotatable bonds is 7. The van der Waals surface area contributed by atoms with Gasteiger partial charge in [0.2, 0.25) is 0 Å². The molecule has 0 aliphatic carbocycles. The van der Waals surface area contributed by atoms with Gasteiger partial charge >= 0.3 is 0 Å². The SMILES string of the molecule is CCn1cc([N+](=O)[O-])cc1C(=O)NC(C)C(CO)SC. The molecule has 112 valence electrons. The minimum atomic E-state index is -0.523. The van der Waals surface area contributed by atoms with Gasteiger partial charge in [-0.1, -0.05) is 0 Å². The zero-order valence-corrected chi connectivity index (χ0v) is 12.5. The van der Waals surface area contributed by atoms with E-state index in [0.29, 0.717) is 6.54 Å². The highest BCUT2D eigenvalue weighted by molar-refractivity contribution is 7.99. The smallest absolute Gasteiger partial charge is 0.287 e. The van der Waals surface area contributed by atoms with E-state index in [1.165, 1.54) is 28.6 Å². The Balaban J connectivity index is 2.89. The molecule has 1 heterocycles. The highest BCUT2D eigenvalue weighted by Crippen LogP contribution is 2.17. The first-order valence-corrected chi connectivity index (χ1v) is 7.52. The molecule has 1 amide bonds. The van der Waals surface area contributed by atoms with Gasteiger partial charge in [0.15, 0.2) is 0 Å². The van der Waals surface area contributed by atoms with Crippen LogP contribution in [0.25, 0.3) is 0 Å². The average Bonchev–Trinajstić information content (AvgIpc) is 2.84. The second-order valence-corrected chi connectivity index (χ2v) is 5.42. The number of aryl methyl sites for hydroxylation is 1. The summed E-state index contributed by atoms with van der Waals surface area (Å²) in [6.07, 6.45) is 3.20. The van der Waals surface area contributed by atoms with Gasteiger partial charge < -0.3 is 15.0 Å². The molecule has 2 atom stereocenters. The van der Waals surface area contributed by atoms with Crippen LogP contribution >= 0.6 is 11.8 Å². The maximum Gasteiger partial charge on any atom is 0.287 e. The summed E-state index contributed by atoms with van der Waals surface area (Å²) in [5.74, 6) is -0.375. The fraction of sp³-hybridized carbons (Fsp3) is 0.583. The largest absolute Gasteiger partial charge is 0.395 e. The topological polar surface area (TPSA) is 97.4 Å². The van der Waals surface area contributed by atoms with E-state index in [1.54, 1.807) is 6.92 Å². The number of aromatic nitrogens is 1. The van der Waals surface area contributed by atoms with Crippen LogP contribution in [0.3, 0.4) is 0 Å². The summed E-state index contributed by atoms with van der Waals surface area (Å²) in [5.41, 5.74) is 0.150. The zero-order chi connectivity index (χ0) is 15.3. The lowest BCUT2D eigenvalue weighted by Crippen LogP contribution is -2.41. The summed E-state index contributed by atoms with van der Waals surface area (Å²) in [6, 6.07) is 1.03. The molecule has 0 aromatic carbocycles. The van der Waals surface area contributed by atoms with Crippen LogP contribution in [-0.4, -0.2) is 44.7 Å². The van der Waals surface area contributed by atoms with Crippen LogP contribution in [0.4, 0.5) is 5.69 Å². The number of nitro groups is 1. The number of aliphatic hydroxyl groups excluding tert-OH is 1. The van der Waals surface area contributed by atoms with E-state index in [1.807, 2.05) is 13.2 Å². The van der Waals surface area contributed by atoms with Gasteiger partial charge in [-0.15, -0.1) is 0 Å². The molecule has 0 aliphatic rings. The molecule has 2 unspecified atom stereocenters. The van der Waals surface area contributed by atoms with E-state index in [0.717, 1.165) is 0 Å². The van der Waals surface area contributed by atoms with Crippen LogP contribution in [0.15, 0.2) is 12.3 Å². The molecule has 0 spiro atoms. The van der Waals surface area contributed by atoms with Gasteiger partial charge in [-0.25, -0.2) is 0 Å². The van der Waals surface area contributed by atoms with Crippen molar-refractivity contribution in [3.05, 3.63) is 28.1 Å². The molecule has 0 saturated carbocycles. The van der Waals surface area contributed by atoms with Crippen molar-refractivity contribution in [3.63, 3.8) is 0 Å². The number of nitrogens with one attached hydrogen (secondary N) is 1. The van der Waals surface area contributed by atoms with Crippen molar-refractivity contribution in [3.8, 4) is 0 Å². The minimum absolute atomic E-state index is 0.0441. The van der Waals surface area contributed by atoms with Crippen molar-refractivity contribution in [1.82, 2.24) is 9.88 Å². The third kappa shape index (κ3) is 3.73. The molecule has 8 heteroatoms. The molecule has 0 bridgehead atoms. The number of amides is 1. The number of thioether (sulfide) groups is 1. The number of aliphatic hydroxyl groups is 1. The van der Waals surface area contributed by atoms with E-state index in [-0.39, 0.29) is 35.2 Å². The van der Waals surface area contributed by atoms with Crippen LogP contribution in [-0.2, 0) is 6.54 Å². The molecule has 7 nitrogen and oxygen atoms in total. The van der Waals surface area contributed by atoms with Gasteiger partial charge in [0.05, 0.1) is 17.7 Å². The number of hydrogen-bond acceptors (Lipinski definition) is 5. The lowest BCUT2D eigenvalue weighted by Gasteiger charge is -2.21. The van der Waals surface area contributed by atoms with Gasteiger partial charge in [0.25, 0.3) is 11.6 Å². The quantitative estimate of drug-likeness (QED) is 0.583. The number of carbonyl (C=O) groups is 1. The molecule has 2 N–H and O–H groups in total. The third-order valence-corrected chi connectivity index (χ3v) is 4.23. The van der Waals surface area contributed by atoms with Crippen LogP contribution < -0.4 is 5.32 Å². The van der Waals surface area contributed by atoms with Crippen LogP contribution in [0.2, 0.25) is 0 Å². The Bertz CT molecular complexity index is 485. The van der Waals surface area contributed by atoms with Crippen molar-refractivity contribution < 1.29 is 14.8 Å². The predicted molar refractivity (Wildman–Crippen MR) is 78.1 cm³/mol. The molecule has 1 aromatic heterocycles. The zero-order valence-electron chi connectivity index (χ0n) is 11.7. The van der Waals surface area contributed by atoms with Crippen LogP contribution in [0.5, 0.6) is 0 Å². The van der Waals surface area contributed by atoms with E-state index >= 15 is 0 Å². The first-order chi connectivity index (χ1) is 9.44. The number of carbonyl (C=O) groups excluding carboxylic acids is 1. The molecule has 0 aliphatic heterocycles. The van der Waals surface area contributed by atoms with Gasteiger partial charge in [0, 0.05) is 23.9 Å². The third-order valence-electron chi connectivity index (χ3n) is 3.07. The first kappa shape index (κ1) is 16.5. The molecule has 0 saturated heterocycles. The molecule has 20 heavy (non-hydrogen) atoms. The summed E-state index contributed by atoms with van der Waals surface area (Å²) in [5, 5.41) is 22.6. The highest BCUT2D eigenvalue weighted by atomic mass is 32.2. The second kappa shape index (κ2) is 7.30. The van der Waals surface area contributed by atoms with Crippen molar-refractivity contribution >= 4 is 23.4 Å². The summed E-state index contributed by atoms with van der Waals surface area (Å²) in [4.78, 5) is 22.4. The summed E-state index contributed by atoms with van der Waals surface area (Å²) in [6.45, 7) is 4.03. The normalized spacial score (nSPS) is 13.8. The lowest BCUT2D eigenvalue weighted by atomic mass is 10.2. The van der Waals surface area contributed by atoms with Crippen molar-refractivity contribution in [2.75, 3.05) is 12.9 Å². The van der Waals surface area contributed by atoms with Gasteiger partial charge in [-0.3, -0.25) is 14.9 Å². The predicted octanol–water partition coefficient (Wildman–Crippen LogP) is 1.26. The standard InChI is InChI=1S/C12H19N3O4S/c1-4-14-6-9(15(18)19)5-10(14)12(17)13-8(2)11(7-16)20-3/h5-6,8,11,16H,4,7H2,1-3H3,(H,13,17). The summed E-state index contributed by atoms with van der Waals surface area (Å²) < 4.78 is 1.53. The Labute approximate surface area is 121 Å². The number of nitrogens with zero attached hydrogens (tertiary/aromatic N) is 2. The Kier molecular flexibility index (Phi) is 6.03. The Morgan fingerprint density at radius 2 is 2.30 bits per heavy atom. The van der Waals surface area contributed by atoms with Gasteiger partial charge in [0.1, 0.15) is 5.69 Å².